The number of carbonyl (C=O) groups is 1. The molecule has 4 nitrogen and oxygen atoms in total. The van der Waals surface area contributed by atoms with Crippen molar-refractivity contribution in [3.05, 3.63) is 34.6 Å². The highest BCUT2D eigenvalue weighted by Crippen LogP contribution is 2.32. The molecule has 3 rings (SSSR count). The predicted molar refractivity (Wildman–Crippen MR) is 81.6 cm³/mol. The first-order valence-corrected chi connectivity index (χ1v) is 7.41. The maximum absolute atomic E-state index is 12.3. The van der Waals surface area contributed by atoms with Crippen LogP contribution in [-0.2, 0) is 0 Å². The highest BCUT2D eigenvalue weighted by Gasteiger charge is 2.35. The van der Waals surface area contributed by atoms with Crippen LogP contribution in [0, 0.1) is 20.8 Å². The Morgan fingerprint density at radius 2 is 1.95 bits per heavy atom. The van der Waals surface area contributed by atoms with E-state index in [-0.39, 0.29) is 5.91 Å². The molecule has 1 fully saturated rings. The largest absolute Gasteiger partial charge is 0.450 e. The van der Waals surface area contributed by atoms with Gasteiger partial charge in [-0.25, -0.2) is 0 Å². The number of aliphatic hydroxyl groups is 1. The quantitative estimate of drug-likeness (QED) is 0.912. The number of furan rings is 1. The van der Waals surface area contributed by atoms with E-state index in [4.69, 9.17) is 4.42 Å². The molecule has 0 aliphatic heterocycles. The normalized spacial score (nSPS) is 16.8. The summed E-state index contributed by atoms with van der Waals surface area (Å²) in [5, 5.41) is 13.9. The highest BCUT2D eigenvalue weighted by atomic mass is 16.3. The highest BCUT2D eigenvalue weighted by molar-refractivity contribution is 6.00. The van der Waals surface area contributed by atoms with Crippen LogP contribution in [0.25, 0.3) is 11.0 Å². The van der Waals surface area contributed by atoms with Crippen LogP contribution in [0.4, 0.5) is 0 Å². The number of hydrogen-bond donors (Lipinski definition) is 2. The van der Waals surface area contributed by atoms with Gasteiger partial charge in [-0.05, 0) is 51.2 Å². The van der Waals surface area contributed by atoms with E-state index in [9.17, 15) is 9.90 Å². The lowest BCUT2D eigenvalue weighted by molar-refractivity contribution is -0.0301. The van der Waals surface area contributed by atoms with E-state index in [1.165, 1.54) is 0 Å². The standard InChI is InChI=1S/C17H21NO3/c1-10-5-6-11(2)14-13(10)12(3)15(21-14)16(19)18-9-17(20)7-4-8-17/h5-6,20H,4,7-9H2,1-3H3,(H,18,19). The number of aryl methyl sites for hydroxylation is 3. The summed E-state index contributed by atoms with van der Waals surface area (Å²) in [6.07, 6.45) is 2.53. The van der Waals surface area contributed by atoms with Crippen LogP contribution in [0.1, 0.15) is 46.5 Å². The fourth-order valence-corrected chi connectivity index (χ4v) is 2.98. The van der Waals surface area contributed by atoms with Gasteiger partial charge in [-0.1, -0.05) is 12.1 Å². The maximum Gasteiger partial charge on any atom is 0.287 e. The summed E-state index contributed by atoms with van der Waals surface area (Å²) >= 11 is 0. The van der Waals surface area contributed by atoms with Crippen LogP contribution >= 0.6 is 0 Å². The molecule has 0 spiro atoms. The SMILES string of the molecule is Cc1ccc(C)c2c(C)c(C(=O)NCC3(O)CCC3)oc12. The Bertz CT molecular complexity index is 710. The molecule has 21 heavy (non-hydrogen) atoms. The number of amides is 1. The van der Waals surface area contributed by atoms with E-state index >= 15 is 0 Å². The van der Waals surface area contributed by atoms with Crippen LogP contribution in [0.2, 0.25) is 0 Å². The summed E-state index contributed by atoms with van der Waals surface area (Å²) in [5.74, 6) is 0.105. The molecule has 0 bridgehead atoms. The molecule has 4 heteroatoms. The lowest BCUT2D eigenvalue weighted by atomic mass is 9.80. The summed E-state index contributed by atoms with van der Waals surface area (Å²) in [6.45, 7) is 6.19. The third kappa shape index (κ3) is 2.33. The number of benzene rings is 1. The zero-order chi connectivity index (χ0) is 15.2. The van der Waals surface area contributed by atoms with Gasteiger partial charge in [0.1, 0.15) is 5.58 Å². The molecule has 0 saturated heterocycles. The third-order valence-electron chi connectivity index (χ3n) is 4.55. The van der Waals surface area contributed by atoms with Crippen molar-refractivity contribution in [2.45, 2.75) is 45.6 Å². The van der Waals surface area contributed by atoms with Gasteiger partial charge >= 0.3 is 0 Å². The Kier molecular flexibility index (Phi) is 3.29. The molecule has 1 aromatic carbocycles. The summed E-state index contributed by atoms with van der Waals surface area (Å²) in [7, 11) is 0. The Morgan fingerprint density at radius 3 is 2.52 bits per heavy atom. The molecule has 0 atom stereocenters. The molecule has 1 amide bonds. The van der Waals surface area contributed by atoms with E-state index in [0.29, 0.717) is 12.3 Å². The van der Waals surface area contributed by atoms with Crippen molar-refractivity contribution in [3.63, 3.8) is 0 Å². The monoisotopic (exact) mass is 287 g/mol. The van der Waals surface area contributed by atoms with Gasteiger partial charge in [-0.3, -0.25) is 4.79 Å². The Hall–Kier alpha value is -1.81. The average molecular weight is 287 g/mol. The molecular weight excluding hydrogens is 266 g/mol. The number of hydrogen-bond acceptors (Lipinski definition) is 3. The summed E-state index contributed by atoms with van der Waals surface area (Å²) in [5.41, 5.74) is 3.05. The van der Waals surface area contributed by atoms with Crippen molar-refractivity contribution in [2.24, 2.45) is 0 Å². The van der Waals surface area contributed by atoms with Crippen molar-refractivity contribution in [2.75, 3.05) is 6.54 Å². The molecule has 1 aliphatic rings. The molecule has 2 aromatic rings. The Labute approximate surface area is 124 Å². The van der Waals surface area contributed by atoms with Crippen molar-refractivity contribution in [1.29, 1.82) is 0 Å². The van der Waals surface area contributed by atoms with Crippen LogP contribution in [-0.4, -0.2) is 23.2 Å². The van der Waals surface area contributed by atoms with Crippen LogP contribution in [0.5, 0.6) is 0 Å². The zero-order valence-electron chi connectivity index (χ0n) is 12.7. The van der Waals surface area contributed by atoms with E-state index in [1.54, 1.807) is 0 Å². The molecule has 1 heterocycles. The van der Waals surface area contributed by atoms with E-state index in [1.807, 2.05) is 32.9 Å². The first kappa shape index (κ1) is 14.1. The zero-order valence-corrected chi connectivity index (χ0v) is 12.7. The second-order valence-electron chi connectivity index (χ2n) is 6.22. The first-order valence-electron chi connectivity index (χ1n) is 7.41. The van der Waals surface area contributed by atoms with E-state index in [2.05, 4.69) is 5.32 Å². The molecule has 2 N–H and O–H groups in total. The van der Waals surface area contributed by atoms with E-state index in [0.717, 1.165) is 46.9 Å². The molecule has 0 unspecified atom stereocenters. The molecule has 1 aliphatic carbocycles. The first-order chi connectivity index (χ1) is 9.91. The van der Waals surface area contributed by atoms with Gasteiger partial charge < -0.3 is 14.8 Å². The van der Waals surface area contributed by atoms with Gasteiger partial charge in [0.2, 0.25) is 0 Å². The minimum absolute atomic E-state index is 0.247. The third-order valence-corrected chi connectivity index (χ3v) is 4.55. The fraction of sp³-hybridized carbons (Fsp3) is 0.471. The lowest BCUT2D eigenvalue weighted by Crippen LogP contribution is -2.47. The van der Waals surface area contributed by atoms with Gasteiger partial charge in [-0.15, -0.1) is 0 Å². The van der Waals surface area contributed by atoms with Crippen molar-refractivity contribution in [1.82, 2.24) is 5.32 Å². The second kappa shape index (κ2) is 4.88. The van der Waals surface area contributed by atoms with Crippen molar-refractivity contribution < 1.29 is 14.3 Å². The van der Waals surface area contributed by atoms with Gasteiger partial charge in [0.05, 0.1) is 5.60 Å². The Balaban J connectivity index is 1.89. The van der Waals surface area contributed by atoms with Crippen LogP contribution in [0.3, 0.4) is 0 Å². The maximum atomic E-state index is 12.3. The van der Waals surface area contributed by atoms with Gasteiger partial charge in [0, 0.05) is 17.5 Å². The van der Waals surface area contributed by atoms with E-state index < -0.39 is 5.60 Å². The average Bonchev–Trinajstić information content (AvgIpc) is 2.77. The topological polar surface area (TPSA) is 62.5 Å². The second-order valence-corrected chi connectivity index (χ2v) is 6.22. The number of rotatable bonds is 3. The molecular formula is C17H21NO3. The smallest absolute Gasteiger partial charge is 0.287 e. The Morgan fingerprint density at radius 1 is 1.29 bits per heavy atom. The molecule has 1 aromatic heterocycles. The molecule has 1 saturated carbocycles. The van der Waals surface area contributed by atoms with Crippen molar-refractivity contribution >= 4 is 16.9 Å². The van der Waals surface area contributed by atoms with Gasteiger partial charge in [0.15, 0.2) is 5.76 Å². The fourth-order valence-electron chi connectivity index (χ4n) is 2.98. The minimum Gasteiger partial charge on any atom is -0.450 e. The number of carbonyl (C=O) groups excluding carboxylic acids is 1. The van der Waals surface area contributed by atoms with Crippen LogP contribution in [0.15, 0.2) is 16.5 Å². The van der Waals surface area contributed by atoms with Crippen molar-refractivity contribution in [3.8, 4) is 0 Å². The van der Waals surface area contributed by atoms with Crippen LogP contribution < -0.4 is 5.32 Å². The lowest BCUT2D eigenvalue weighted by Gasteiger charge is -2.36. The molecule has 0 radical (unpaired) electrons. The summed E-state index contributed by atoms with van der Waals surface area (Å²) in [6, 6.07) is 4.04. The van der Waals surface area contributed by atoms with Gasteiger partial charge in [-0.2, -0.15) is 0 Å². The molecule has 112 valence electrons. The minimum atomic E-state index is -0.721. The predicted octanol–water partition coefficient (Wildman–Crippen LogP) is 3.00. The number of fused-ring (bicyclic) bond motifs is 1. The number of nitrogens with one attached hydrogen (secondary N) is 1. The summed E-state index contributed by atoms with van der Waals surface area (Å²) < 4.78 is 5.80. The summed E-state index contributed by atoms with van der Waals surface area (Å²) in [4.78, 5) is 12.3. The van der Waals surface area contributed by atoms with Gasteiger partial charge in [0.25, 0.3) is 5.91 Å².